The second-order valence-electron chi connectivity index (χ2n) is 4.01. The molecule has 0 aromatic rings. The number of rotatable bonds is 8. The number of aliphatic hydroxyl groups excluding tert-OH is 4. The fourth-order valence-electron chi connectivity index (χ4n) is 1.14. The summed E-state index contributed by atoms with van der Waals surface area (Å²) < 4.78 is 0. The van der Waals surface area contributed by atoms with Crippen LogP contribution in [0.4, 0.5) is 0 Å². The van der Waals surface area contributed by atoms with Crippen LogP contribution in [-0.2, 0) is 0 Å². The normalized spacial score (nSPS) is 13.9. The van der Waals surface area contributed by atoms with Crippen molar-refractivity contribution < 1.29 is 20.4 Å². The lowest BCUT2D eigenvalue weighted by Gasteiger charge is -2.08. The molecule has 0 aliphatic heterocycles. The SMILES string of the molecule is CCC(O)CC(C)O.OCCCCCCO. The van der Waals surface area contributed by atoms with Crippen LogP contribution in [-0.4, -0.2) is 45.8 Å². The highest BCUT2D eigenvalue weighted by Crippen LogP contribution is 1.99. The lowest BCUT2D eigenvalue weighted by Crippen LogP contribution is -2.13. The molecule has 0 fully saturated rings. The van der Waals surface area contributed by atoms with Crippen molar-refractivity contribution >= 4 is 0 Å². The molecule has 0 aromatic carbocycles. The van der Waals surface area contributed by atoms with E-state index in [-0.39, 0.29) is 25.4 Å². The van der Waals surface area contributed by atoms with E-state index < -0.39 is 0 Å². The summed E-state index contributed by atoms with van der Waals surface area (Å²) in [5.41, 5.74) is 0. The van der Waals surface area contributed by atoms with E-state index in [1.54, 1.807) is 6.92 Å². The van der Waals surface area contributed by atoms with Crippen molar-refractivity contribution in [3.05, 3.63) is 0 Å². The van der Waals surface area contributed by atoms with Crippen molar-refractivity contribution in [2.24, 2.45) is 0 Å². The largest absolute Gasteiger partial charge is 0.396 e. The third-order valence-corrected chi connectivity index (χ3v) is 2.15. The zero-order valence-corrected chi connectivity index (χ0v) is 10.6. The van der Waals surface area contributed by atoms with Gasteiger partial charge in [0, 0.05) is 13.2 Å². The van der Waals surface area contributed by atoms with E-state index in [2.05, 4.69) is 0 Å². The van der Waals surface area contributed by atoms with Gasteiger partial charge in [0.1, 0.15) is 0 Å². The highest BCUT2D eigenvalue weighted by molar-refractivity contribution is 4.55. The Morgan fingerprint density at radius 3 is 1.50 bits per heavy atom. The Balaban J connectivity index is 0. The number of hydrogen-bond acceptors (Lipinski definition) is 4. The molecule has 0 amide bonds. The molecule has 4 N–H and O–H groups in total. The Bertz CT molecular complexity index is 112. The summed E-state index contributed by atoms with van der Waals surface area (Å²) in [5.74, 6) is 0. The van der Waals surface area contributed by atoms with Crippen LogP contribution in [0.2, 0.25) is 0 Å². The Morgan fingerprint density at radius 2 is 1.31 bits per heavy atom. The number of unbranched alkanes of at least 4 members (excludes halogenated alkanes) is 3. The molecule has 0 radical (unpaired) electrons. The molecular formula is C12H28O4. The van der Waals surface area contributed by atoms with E-state index >= 15 is 0 Å². The molecule has 100 valence electrons. The van der Waals surface area contributed by atoms with Crippen molar-refractivity contribution in [2.75, 3.05) is 13.2 Å². The predicted molar refractivity (Wildman–Crippen MR) is 65.2 cm³/mol. The summed E-state index contributed by atoms with van der Waals surface area (Å²) in [5, 5.41) is 34.2. The lowest BCUT2D eigenvalue weighted by atomic mass is 10.1. The minimum absolute atomic E-state index is 0.283. The zero-order chi connectivity index (χ0) is 12.8. The maximum atomic E-state index is 8.87. The summed E-state index contributed by atoms with van der Waals surface area (Å²) >= 11 is 0. The van der Waals surface area contributed by atoms with E-state index in [1.807, 2.05) is 6.92 Å². The molecule has 4 nitrogen and oxygen atoms in total. The third kappa shape index (κ3) is 19.4. The Morgan fingerprint density at radius 1 is 0.875 bits per heavy atom. The highest BCUT2D eigenvalue weighted by Gasteiger charge is 2.03. The maximum Gasteiger partial charge on any atom is 0.0562 e. The van der Waals surface area contributed by atoms with Crippen LogP contribution in [0.5, 0.6) is 0 Å². The van der Waals surface area contributed by atoms with Crippen LogP contribution in [0.15, 0.2) is 0 Å². The van der Waals surface area contributed by atoms with E-state index in [1.165, 1.54) is 0 Å². The lowest BCUT2D eigenvalue weighted by molar-refractivity contribution is 0.0883. The second-order valence-corrected chi connectivity index (χ2v) is 4.01. The van der Waals surface area contributed by atoms with Gasteiger partial charge < -0.3 is 20.4 Å². The Kier molecular flexibility index (Phi) is 16.9. The van der Waals surface area contributed by atoms with Gasteiger partial charge in [-0.05, 0) is 32.6 Å². The summed E-state index contributed by atoms with van der Waals surface area (Å²) in [4.78, 5) is 0. The first-order chi connectivity index (χ1) is 7.58. The van der Waals surface area contributed by atoms with E-state index in [0.717, 1.165) is 32.1 Å². The van der Waals surface area contributed by atoms with E-state index in [0.29, 0.717) is 6.42 Å². The molecule has 16 heavy (non-hydrogen) atoms. The molecule has 0 aromatic heterocycles. The first-order valence-corrected chi connectivity index (χ1v) is 6.16. The van der Waals surface area contributed by atoms with Gasteiger partial charge in [-0.3, -0.25) is 0 Å². The summed E-state index contributed by atoms with van der Waals surface area (Å²) in [6.45, 7) is 4.14. The second kappa shape index (κ2) is 14.8. The van der Waals surface area contributed by atoms with Crippen molar-refractivity contribution in [1.82, 2.24) is 0 Å². The van der Waals surface area contributed by atoms with Gasteiger partial charge in [-0.2, -0.15) is 0 Å². The van der Waals surface area contributed by atoms with Gasteiger partial charge in [-0.15, -0.1) is 0 Å². The van der Waals surface area contributed by atoms with Gasteiger partial charge in [0.15, 0.2) is 0 Å². The van der Waals surface area contributed by atoms with Crippen LogP contribution in [0.25, 0.3) is 0 Å². The van der Waals surface area contributed by atoms with Crippen molar-refractivity contribution in [3.8, 4) is 0 Å². The highest BCUT2D eigenvalue weighted by atomic mass is 16.3. The molecule has 0 bridgehead atoms. The molecule has 4 heteroatoms. The topological polar surface area (TPSA) is 80.9 Å². The van der Waals surface area contributed by atoms with Crippen LogP contribution < -0.4 is 0 Å². The average Bonchev–Trinajstić information content (AvgIpc) is 2.24. The zero-order valence-electron chi connectivity index (χ0n) is 10.6. The molecular weight excluding hydrogens is 208 g/mol. The number of hydrogen-bond donors (Lipinski definition) is 4. The molecule has 0 heterocycles. The summed E-state index contributed by atoms with van der Waals surface area (Å²) in [6, 6.07) is 0. The summed E-state index contributed by atoms with van der Waals surface area (Å²) in [6.07, 6.45) is 4.36. The van der Waals surface area contributed by atoms with Crippen LogP contribution >= 0.6 is 0 Å². The molecule has 2 atom stereocenters. The fourth-order valence-corrected chi connectivity index (χ4v) is 1.14. The molecule has 0 saturated heterocycles. The van der Waals surface area contributed by atoms with Crippen LogP contribution in [0, 0.1) is 0 Å². The monoisotopic (exact) mass is 236 g/mol. The quantitative estimate of drug-likeness (QED) is 0.475. The van der Waals surface area contributed by atoms with Crippen molar-refractivity contribution in [2.45, 2.75) is 64.6 Å². The molecule has 0 spiro atoms. The van der Waals surface area contributed by atoms with Gasteiger partial charge in [0.25, 0.3) is 0 Å². The average molecular weight is 236 g/mol. The van der Waals surface area contributed by atoms with E-state index in [9.17, 15) is 0 Å². The third-order valence-electron chi connectivity index (χ3n) is 2.15. The van der Waals surface area contributed by atoms with Gasteiger partial charge >= 0.3 is 0 Å². The van der Waals surface area contributed by atoms with Gasteiger partial charge in [0.05, 0.1) is 12.2 Å². The molecule has 0 saturated carbocycles. The van der Waals surface area contributed by atoms with Gasteiger partial charge in [-0.25, -0.2) is 0 Å². The van der Waals surface area contributed by atoms with Crippen LogP contribution in [0.1, 0.15) is 52.4 Å². The predicted octanol–water partition coefficient (Wildman–Crippen LogP) is 1.06. The molecule has 0 rings (SSSR count). The summed E-state index contributed by atoms with van der Waals surface area (Å²) in [7, 11) is 0. The minimum Gasteiger partial charge on any atom is -0.396 e. The maximum absolute atomic E-state index is 8.87. The first kappa shape index (κ1) is 18.2. The van der Waals surface area contributed by atoms with Gasteiger partial charge in [0.2, 0.25) is 0 Å². The standard InChI is InChI=1S/2C6H14O2/c1-3-6(8)4-5(2)7;7-5-3-1-2-4-6-8/h5-8H,3-4H2,1-2H3;7-8H,1-6H2. The first-order valence-electron chi connectivity index (χ1n) is 6.16. The molecule has 0 aliphatic rings. The smallest absolute Gasteiger partial charge is 0.0562 e. The van der Waals surface area contributed by atoms with Gasteiger partial charge in [-0.1, -0.05) is 19.8 Å². The number of aliphatic hydroxyl groups is 4. The van der Waals surface area contributed by atoms with Crippen molar-refractivity contribution in [3.63, 3.8) is 0 Å². The van der Waals surface area contributed by atoms with Crippen molar-refractivity contribution in [1.29, 1.82) is 0 Å². The Hall–Kier alpha value is -0.160. The molecule has 2 unspecified atom stereocenters. The minimum atomic E-state index is -0.370. The van der Waals surface area contributed by atoms with Crippen LogP contribution in [0.3, 0.4) is 0 Å². The fraction of sp³-hybridized carbons (Fsp3) is 1.00. The van der Waals surface area contributed by atoms with E-state index in [4.69, 9.17) is 20.4 Å². The molecule has 0 aliphatic carbocycles. The Labute approximate surface area is 98.9 Å².